The van der Waals surface area contributed by atoms with Gasteiger partial charge in [0.2, 0.25) is 0 Å². The summed E-state index contributed by atoms with van der Waals surface area (Å²) in [4.78, 5) is 0. The molecular weight excluding hydrogens is 133 g/mol. The van der Waals surface area contributed by atoms with E-state index < -0.39 is 0 Å². The first-order valence-corrected chi connectivity index (χ1v) is 3.68. The molecule has 0 aromatic rings. The number of aliphatic hydroxyl groups is 1. The molecule has 2 nitrogen and oxygen atoms in total. The van der Waals surface area contributed by atoms with Crippen LogP contribution in [0.15, 0.2) is 0 Å². The summed E-state index contributed by atoms with van der Waals surface area (Å²) in [6.07, 6.45) is 0.791. The maximum absolute atomic E-state index is 11.5. The Morgan fingerprint density at radius 3 is 2.80 bits per heavy atom. The summed E-state index contributed by atoms with van der Waals surface area (Å²) in [5.41, 5.74) is 0. The molecule has 0 rings (SSSR count). The lowest BCUT2D eigenvalue weighted by Gasteiger charge is -2.08. The van der Waals surface area contributed by atoms with Crippen LogP contribution in [-0.2, 0) is 0 Å². The zero-order valence-electron chi connectivity index (χ0n) is 6.44. The summed E-state index contributed by atoms with van der Waals surface area (Å²) in [6.45, 7) is 3.16. The van der Waals surface area contributed by atoms with E-state index in [9.17, 15) is 4.39 Å². The summed E-state index contributed by atoms with van der Waals surface area (Å²) in [7, 11) is 0. The first-order chi connectivity index (χ1) is 4.81. The fraction of sp³-hybridized carbons (Fsp3) is 1.00. The van der Waals surface area contributed by atoms with Crippen molar-refractivity contribution < 1.29 is 9.50 Å². The van der Waals surface area contributed by atoms with E-state index in [2.05, 4.69) is 5.32 Å². The Labute approximate surface area is 61.4 Å². The number of alkyl halides is 1. The molecule has 0 aliphatic rings. The van der Waals surface area contributed by atoms with Gasteiger partial charge >= 0.3 is 0 Å². The van der Waals surface area contributed by atoms with Crippen LogP contribution in [0.2, 0.25) is 0 Å². The molecular formula is C7H16FNO. The Hall–Kier alpha value is -0.150. The SMILES string of the molecule is CC(CCO)CNCCF. The second kappa shape index (κ2) is 6.96. The van der Waals surface area contributed by atoms with Gasteiger partial charge in [-0.2, -0.15) is 0 Å². The van der Waals surface area contributed by atoms with Crippen LogP contribution in [0.4, 0.5) is 4.39 Å². The third-order valence-electron chi connectivity index (χ3n) is 1.39. The zero-order valence-corrected chi connectivity index (χ0v) is 6.44. The average Bonchev–Trinajstić information content (AvgIpc) is 1.89. The van der Waals surface area contributed by atoms with E-state index in [0.29, 0.717) is 12.5 Å². The van der Waals surface area contributed by atoms with Gasteiger partial charge in [0.15, 0.2) is 0 Å². The minimum absolute atomic E-state index is 0.221. The normalized spacial score (nSPS) is 13.5. The van der Waals surface area contributed by atoms with Crippen LogP contribution in [-0.4, -0.2) is 31.5 Å². The van der Waals surface area contributed by atoms with E-state index in [1.165, 1.54) is 0 Å². The van der Waals surface area contributed by atoms with Crippen LogP contribution in [0.5, 0.6) is 0 Å². The van der Waals surface area contributed by atoms with Crippen LogP contribution in [0, 0.1) is 5.92 Å². The van der Waals surface area contributed by atoms with Gasteiger partial charge in [-0.25, -0.2) is 4.39 Å². The quantitative estimate of drug-likeness (QED) is 0.541. The van der Waals surface area contributed by atoms with Crippen molar-refractivity contribution in [1.29, 1.82) is 0 Å². The van der Waals surface area contributed by atoms with Crippen LogP contribution in [0.3, 0.4) is 0 Å². The number of rotatable bonds is 6. The standard InChI is InChI=1S/C7H16FNO/c1-7(2-5-10)6-9-4-3-8/h7,9-10H,2-6H2,1H3. The van der Waals surface area contributed by atoms with Gasteiger partial charge in [0, 0.05) is 13.2 Å². The summed E-state index contributed by atoms with van der Waals surface area (Å²) in [5, 5.41) is 11.4. The van der Waals surface area contributed by atoms with Crippen molar-refractivity contribution in [2.45, 2.75) is 13.3 Å². The maximum Gasteiger partial charge on any atom is 0.102 e. The van der Waals surface area contributed by atoms with E-state index >= 15 is 0 Å². The largest absolute Gasteiger partial charge is 0.396 e. The molecule has 0 radical (unpaired) electrons. The van der Waals surface area contributed by atoms with Gasteiger partial charge in [-0.15, -0.1) is 0 Å². The predicted molar refractivity (Wildman–Crippen MR) is 39.7 cm³/mol. The molecule has 0 heterocycles. The molecule has 0 aliphatic carbocycles. The van der Waals surface area contributed by atoms with Gasteiger partial charge in [0.25, 0.3) is 0 Å². The highest BCUT2D eigenvalue weighted by Crippen LogP contribution is 1.96. The molecule has 0 aliphatic heterocycles. The van der Waals surface area contributed by atoms with Crippen molar-refractivity contribution in [3.8, 4) is 0 Å². The lowest BCUT2D eigenvalue weighted by Crippen LogP contribution is -2.23. The summed E-state index contributed by atoms with van der Waals surface area (Å²) < 4.78 is 11.5. The van der Waals surface area contributed by atoms with Crippen molar-refractivity contribution in [1.82, 2.24) is 5.32 Å². The van der Waals surface area contributed by atoms with Gasteiger partial charge < -0.3 is 10.4 Å². The predicted octanol–water partition coefficient (Wildman–Crippen LogP) is 0.564. The number of hydrogen-bond acceptors (Lipinski definition) is 2. The van der Waals surface area contributed by atoms with Crippen LogP contribution < -0.4 is 5.32 Å². The summed E-state index contributed by atoms with van der Waals surface area (Å²) >= 11 is 0. The first kappa shape index (κ1) is 9.85. The van der Waals surface area contributed by atoms with Gasteiger partial charge in [-0.1, -0.05) is 6.92 Å². The van der Waals surface area contributed by atoms with Crippen LogP contribution in [0.25, 0.3) is 0 Å². The second-order valence-electron chi connectivity index (χ2n) is 2.51. The molecule has 2 N–H and O–H groups in total. The molecule has 3 heteroatoms. The topological polar surface area (TPSA) is 32.3 Å². The Morgan fingerprint density at radius 1 is 1.60 bits per heavy atom. The smallest absolute Gasteiger partial charge is 0.102 e. The molecule has 62 valence electrons. The number of aliphatic hydroxyl groups excluding tert-OH is 1. The highest BCUT2D eigenvalue weighted by Gasteiger charge is 1.98. The third-order valence-corrected chi connectivity index (χ3v) is 1.39. The molecule has 0 aromatic carbocycles. The molecule has 0 spiro atoms. The van der Waals surface area contributed by atoms with Gasteiger partial charge in [-0.05, 0) is 18.9 Å². The second-order valence-corrected chi connectivity index (χ2v) is 2.51. The zero-order chi connectivity index (χ0) is 7.82. The summed E-state index contributed by atoms with van der Waals surface area (Å²) in [5.74, 6) is 0.441. The molecule has 1 atom stereocenters. The lowest BCUT2D eigenvalue weighted by molar-refractivity contribution is 0.259. The fourth-order valence-electron chi connectivity index (χ4n) is 0.738. The number of nitrogens with one attached hydrogen (secondary N) is 1. The first-order valence-electron chi connectivity index (χ1n) is 3.68. The van der Waals surface area contributed by atoms with Crippen LogP contribution in [0.1, 0.15) is 13.3 Å². The van der Waals surface area contributed by atoms with Gasteiger partial charge in [-0.3, -0.25) is 0 Å². The molecule has 0 aromatic heterocycles. The van der Waals surface area contributed by atoms with E-state index in [1.807, 2.05) is 6.92 Å². The molecule has 1 unspecified atom stereocenters. The summed E-state index contributed by atoms with van der Waals surface area (Å²) in [6, 6.07) is 0. The lowest BCUT2D eigenvalue weighted by atomic mass is 10.1. The van der Waals surface area contributed by atoms with E-state index in [-0.39, 0.29) is 13.3 Å². The van der Waals surface area contributed by atoms with E-state index in [0.717, 1.165) is 13.0 Å². The van der Waals surface area contributed by atoms with Crippen molar-refractivity contribution in [3.63, 3.8) is 0 Å². The Morgan fingerprint density at radius 2 is 2.30 bits per heavy atom. The minimum atomic E-state index is -0.314. The van der Waals surface area contributed by atoms with Crippen molar-refractivity contribution in [2.24, 2.45) is 5.92 Å². The molecule has 0 amide bonds. The molecule has 0 bridgehead atoms. The fourth-order valence-corrected chi connectivity index (χ4v) is 0.738. The Bertz CT molecular complexity index is 70.6. The van der Waals surface area contributed by atoms with Gasteiger partial charge in [0.05, 0.1) is 0 Å². The Balaban J connectivity index is 2.97. The molecule has 0 saturated carbocycles. The average molecular weight is 149 g/mol. The number of hydrogen-bond donors (Lipinski definition) is 2. The van der Waals surface area contributed by atoms with Crippen molar-refractivity contribution >= 4 is 0 Å². The minimum Gasteiger partial charge on any atom is -0.396 e. The van der Waals surface area contributed by atoms with E-state index in [1.54, 1.807) is 0 Å². The van der Waals surface area contributed by atoms with Crippen molar-refractivity contribution in [2.75, 3.05) is 26.4 Å². The van der Waals surface area contributed by atoms with E-state index in [4.69, 9.17) is 5.11 Å². The highest BCUT2D eigenvalue weighted by atomic mass is 19.1. The van der Waals surface area contributed by atoms with Crippen molar-refractivity contribution in [3.05, 3.63) is 0 Å². The van der Waals surface area contributed by atoms with Crippen LogP contribution >= 0.6 is 0 Å². The molecule has 10 heavy (non-hydrogen) atoms. The molecule has 0 fully saturated rings. The molecule has 0 saturated heterocycles. The maximum atomic E-state index is 11.5. The monoisotopic (exact) mass is 149 g/mol. The highest BCUT2D eigenvalue weighted by molar-refractivity contribution is 4.55. The third kappa shape index (κ3) is 5.98. The van der Waals surface area contributed by atoms with Gasteiger partial charge in [0.1, 0.15) is 6.67 Å². The number of halogens is 1. The Kier molecular flexibility index (Phi) is 6.86.